The van der Waals surface area contributed by atoms with Gasteiger partial charge in [-0.3, -0.25) is 0 Å². The van der Waals surface area contributed by atoms with E-state index in [0.717, 1.165) is 0 Å². The molecule has 1 fully saturated rings. The summed E-state index contributed by atoms with van der Waals surface area (Å²) < 4.78 is 5.70. The number of ether oxygens (including phenoxy) is 1. The molecule has 0 aromatic rings. The van der Waals surface area contributed by atoms with Gasteiger partial charge in [-0.2, -0.15) is 0 Å². The fourth-order valence-electron chi connectivity index (χ4n) is 1.83. The zero-order valence-corrected chi connectivity index (χ0v) is 7.76. The molecule has 1 aliphatic rings. The normalized spacial score (nSPS) is 38.6. The van der Waals surface area contributed by atoms with E-state index in [9.17, 15) is 0 Å². The number of hydrogen-bond donors (Lipinski definition) is 0. The molecule has 0 aromatic carbocycles. The molecule has 0 unspecified atom stereocenters. The van der Waals surface area contributed by atoms with E-state index in [0.29, 0.717) is 18.1 Å². The van der Waals surface area contributed by atoms with Crippen molar-refractivity contribution in [1.82, 2.24) is 0 Å². The van der Waals surface area contributed by atoms with Gasteiger partial charge in [0.25, 0.3) is 0 Å². The summed E-state index contributed by atoms with van der Waals surface area (Å²) in [6, 6.07) is 0. The Bertz CT molecular complexity index is 151. The third kappa shape index (κ3) is 2.06. The molecule has 0 N–H and O–H groups in total. The standard InChI is InChI=1S/C10H18O/c1-7(2)10-6-5-8(3)11-9(10)4/h8-10H,1,5-6H2,2-4H3/t8-,9+,10-/m1/s1. The van der Waals surface area contributed by atoms with Crippen LogP contribution < -0.4 is 0 Å². The molecule has 1 nitrogen and oxygen atoms in total. The van der Waals surface area contributed by atoms with Crippen LogP contribution in [0.1, 0.15) is 33.6 Å². The summed E-state index contributed by atoms with van der Waals surface area (Å²) in [5.74, 6) is 0.589. The summed E-state index contributed by atoms with van der Waals surface area (Å²) in [6.45, 7) is 10.4. The summed E-state index contributed by atoms with van der Waals surface area (Å²) in [4.78, 5) is 0. The average molecular weight is 154 g/mol. The molecule has 1 heteroatoms. The maximum absolute atomic E-state index is 5.70. The highest BCUT2D eigenvalue weighted by atomic mass is 16.5. The zero-order valence-electron chi connectivity index (χ0n) is 7.76. The topological polar surface area (TPSA) is 9.23 Å². The molecule has 1 saturated heterocycles. The van der Waals surface area contributed by atoms with E-state index in [1.54, 1.807) is 0 Å². The maximum Gasteiger partial charge on any atom is 0.0615 e. The van der Waals surface area contributed by atoms with Crippen LogP contribution in [0, 0.1) is 5.92 Å². The average Bonchev–Trinajstić information content (AvgIpc) is 1.85. The van der Waals surface area contributed by atoms with Crippen LogP contribution >= 0.6 is 0 Å². The molecule has 0 radical (unpaired) electrons. The molecule has 11 heavy (non-hydrogen) atoms. The van der Waals surface area contributed by atoms with E-state index in [1.165, 1.54) is 18.4 Å². The lowest BCUT2D eigenvalue weighted by Crippen LogP contribution is -2.31. The highest BCUT2D eigenvalue weighted by Gasteiger charge is 2.25. The smallest absolute Gasteiger partial charge is 0.0615 e. The first-order valence-electron chi connectivity index (χ1n) is 4.42. The zero-order chi connectivity index (χ0) is 8.43. The van der Waals surface area contributed by atoms with Crippen LogP contribution in [0.2, 0.25) is 0 Å². The third-order valence-electron chi connectivity index (χ3n) is 2.53. The summed E-state index contributed by atoms with van der Waals surface area (Å²) >= 11 is 0. The van der Waals surface area contributed by atoms with Crippen molar-refractivity contribution in [3.05, 3.63) is 12.2 Å². The van der Waals surface area contributed by atoms with Gasteiger partial charge in [-0.25, -0.2) is 0 Å². The molecule has 64 valence electrons. The molecular weight excluding hydrogens is 136 g/mol. The Labute approximate surface area is 69.4 Å². The maximum atomic E-state index is 5.70. The molecule has 0 aromatic heterocycles. The molecule has 0 saturated carbocycles. The van der Waals surface area contributed by atoms with Crippen LogP contribution in [0.5, 0.6) is 0 Å². The lowest BCUT2D eigenvalue weighted by Gasteiger charge is -2.33. The first-order valence-corrected chi connectivity index (χ1v) is 4.42. The van der Waals surface area contributed by atoms with Crippen LogP contribution in [0.4, 0.5) is 0 Å². The minimum Gasteiger partial charge on any atom is -0.375 e. The van der Waals surface area contributed by atoms with Crippen molar-refractivity contribution in [1.29, 1.82) is 0 Å². The second-order valence-electron chi connectivity index (χ2n) is 3.68. The Morgan fingerprint density at radius 3 is 2.45 bits per heavy atom. The SMILES string of the molecule is C=C(C)[C@H]1CC[C@@H](C)O[C@H]1C. The third-order valence-corrected chi connectivity index (χ3v) is 2.53. The second kappa shape index (κ2) is 3.40. The van der Waals surface area contributed by atoms with Gasteiger partial charge in [-0.1, -0.05) is 12.2 Å². The second-order valence-corrected chi connectivity index (χ2v) is 3.68. The van der Waals surface area contributed by atoms with Gasteiger partial charge in [0.15, 0.2) is 0 Å². The Balaban J connectivity index is 2.50. The van der Waals surface area contributed by atoms with Gasteiger partial charge in [0.1, 0.15) is 0 Å². The van der Waals surface area contributed by atoms with Gasteiger partial charge in [-0.15, -0.1) is 0 Å². The Kier molecular flexibility index (Phi) is 2.72. The van der Waals surface area contributed by atoms with E-state index in [2.05, 4.69) is 27.4 Å². The predicted octanol–water partition coefficient (Wildman–Crippen LogP) is 2.77. The van der Waals surface area contributed by atoms with Crippen LogP contribution in [0.15, 0.2) is 12.2 Å². The van der Waals surface area contributed by atoms with Crippen molar-refractivity contribution in [2.45, 2.75) is 45.8 Å². The largest absolute Gasteiger partial charge is 0.375 e. The van der Waals surface area contributed by atoms with Crippen molar-refractivity contribution in [2.24, 2.45) is 5.92 Å². The Morgan fingerprint density at radius 2 is 2.00 bits per heavy atom. The monoisotopic (exact) mass is 154 g/mol. The number of rotatable bonds is 1. The van der Waals surface area contributed by atoms with Crippen LogP contribution in [0.3, 0.4) is 0 Å². The Hall–Kier alpha value is -0.300. The Morgan fingerprint density at radius 1 is 1.36 bits per heavy atom. The minimum atomic E-state index is 0.372. The fraction of sp³-hybridized carbons (Fsp3) is 0.800. The van der Waals surface area contributed by atoms with Gasteiger partial charge in [0, 0.05) is 5.92 Å². The van der Waals surface area contributed by atoms with Gasteiger partial charge >= 0.3 is 0 Å². The van der Waals surface area contributed by atoms with Gasteiger partial charge < -0.3 is 4.74 Å². The predicted molar refractivity (Wildman–Crippen MR) is 47.5 cm³/mol. The quantitative estimate of drug-likeness (QED) is 0.528. The molecular formula is C10H18O. The van der Waals surface area contributed by atoms with Crippen molar-refractivity contribution in [3.63, 3.8) is 0 Å². The van der Waals surface area contributed by atoms with E-state index in [-0.39, 0.29) is 0 Å². The molecule has 0 spiro atoms. The molecule has 1 heterocycles. The molecule has 3 atom stereocenters. The summed E-state index contributed by atoms with van der Waals surface area (Å²) in [5, 5.41) is 0. The van der Waals surface area contributed by atoms with Crippen LogP contribution in [-0.2, 0) is 4.74 Å². The lowest BCUT2D eigenvalue weighted by atomic mass is 9.88. The minimum absolute atomic E-state index is 0.372. The van der Waals surface area contributed by atoms with Crippen molar-refractivity contribution in [2.75, 3.05) is 0 Å². The van der Waals surface area contributed by atoms with Crippen molar-refractivity contribution < 1.29 is 4.74 Å². The highest BCUT2D eigenvalue weighted by Crippen LogP contribution is 2.28. The van der Waals surface area contributed by atoms with E-state index < -0.39 is 0 Å². The lowest BCUT2D eigenvalue weighted by molar-refractivity contribution is -0.0544. The van der Waals surface area contributed by atoms with Gasteiger partial charge in [0.2, 0.25) is 0 Å². The highest BCUT2D eigenvalue weighted by molar-refractivity contribution is 5.00. The molecule has 1 aliphatic heterocycles. The van der Waals surface area contributed by atoms with Crippen LogP contribution in [-0.4, -0.2) is 12.2 Å². The molecule has 1 rings (SSSR count). The number of hydrogen-bond acceptors (Lipinski definition) is 1. The van der Waals surface area contributed by atoms with Gasteiger partial charge in [-0.05, 0) is 33.6 Å². The summed E-state index contributed by atoms with van der Waals surface area (Å²) in [7, 11) is 0. The first kappa shape index (κ1) is 8.79. The molecule has 0 aliphatic carbocycles. The van der Waals surface area contributed by atoms with Crippen molar-refractivity contribution in [3.8, 4) is 0 Å². The summed E-state index contributed by atoms with van der Waals surface area (Å²) in [5.41, 5.74) is 1.27. The summed E-state index contributed by atoms with van der Waals surface area (Å²) in [6.07, 6.45) is 3.25. The van der Waals surface area contributed by atoms with E-state index >= 15 is 0 Å². The molecule has 0 bridgehead atoms. The van der Waals surface area contributed by atoms with Crippen LogP contribution in [0.25, 0.3) is 0 Å². The van der Waals surface area contributed by atoms with Crippen molar-refractivity contribution >= 4 is 0 Å². The first-order chi connectivity index (χ1) is 5.11. The van der Waals surface area contributed by atoms with Gasteiger partial charge in [0.05, 0.1) is 12.2 Å². The van der Waals surface area contributed by atoms with E-state index in [4.69, 9.17) is 4.74 Å². The fourth-order valence-corrected chi connectivity index (χ4v) is 1.83. The molecule has 0 amide bonds. The van der Waals surface area contributed by atoms with E-state index in [1.807, 2.05) is 0 Å².